The quantitative estimate of drug-likeness (QED) is 0.817. The number of ether oxygens (including phenoxy) is 2. The summed E-state index contributed by atoms with van der Waals surface area (Å²) in [5, 5.41) is 7.90. The normalized spacial score (nSPS) is 23.7. The lowest BCUT2D eigenvalue weighted by molar-refractivity contribution is -0.0159. The van der Waals surface area contributed by atoms with E-state index in [2.05, 4.69) is 23.5 Å². The van der Waals surface area contributed by atoms with Crippen molar-refractivity contribution in [3.63, 3.8) is 0 Å². The lowest BCUT2D eigenvalue weighted by Gasteiger charge is -2.25. The Balaban J connectivity index is 1.87. The van der Waals surface area contributed by atoms with E-state index in [0.717, 1.165) is 32.5 Å². The summed E-state index contributed by atoms with van der Waals surface area (Å²) in [6.07, 6.45) is 4.01. The molecule has 0 saturated carbocycles. The molecule has 1 aliphatic rings. The number of aryl methyl sites for hydroxylation is 2. The average molecular weight is 253 g/mol. The van der Waals surface area contributed by atoms with Crippen LogP contribution in [-0.2, 0) is 29.5 Å². The van der Waals surface area contributed by atoms with Crippen molar-refractivity contribution in [1.29, 1.82) is 0 Å². The van der Waals surface area contributed by atoms with Crippen molar-refractivity contribution in [3.8, 4) is 0 Å². The molecule has 2 rings (SSSR count). The lowest BCUT2D eigenvalue weighted by atomic mass is 10.0. The van der Waals surface area contributed by atoms with E-state index in [-0.39, 0.29) is 5.60 Å². The Kier molecular flexibility index (Phi) is 4.37. The fraction of sp³-hybridized carbons (Fsp3) is 0.769. The van der Waals surface area contributed by atoms with Crippen LogP contribution in [0.4, 0.5) is 0 Å². The van der Waals surface area contributed by atoms with Gasteiger partial charge in [-0.25, -0.2) is 0 Å². The first-order valence-corrected chi connectivity index (χ1v) is 6.54. The van der Waals surface area contributed by atoms with Crippen LogP contribution in [0.2, 0.25) is 0 Å². The first-order valence-electron chi connectivity index (χ1n) is 6.54. The van der Waals surface area contributed by atoms with Crippen LogP contribution in [0.15, 0.2) is 6.20 Å². The van der Waals surface area contributed by atoms with Crippen LogP contribution >= 0.6 is 0 Å². The number of hydrogen-bond donors (Lipinski definition) is 1. The van der Waals surface area contributed by atoms with E-state index < -0.39 is 0 Å². The Bertz CT molecular complexity index is 384. The summed E-state index contributed by atoms with van der Waals surface area (Å²) < 4.78 is 12.9. The predicted octanol–water partition coefficient (Wildman–Crippen LogP) is 0.878. The van der Waals surface area contributed by atoms with Gasteiger partial charge in [0.15, 0.2) is 0 Å². The highest BCUT2D eigenvalue weighted by molar-refractivity contribution is 5.16. The molecule has 1 atom stereocenters. The van der Waals surface area contributed by atoms with Crippen LogP contribution in [0.3, 0.4) is 0 Å². The van der Waals surface area contributed by atoms with Gasteiger partial charge in [-0.3, -0.25) is 4.68 Å². The van der Waals surface area contributed by atoms with Crippen molar-refractivity contribution in [1.82, 2.24) is 15.1 Å². The zero-order valence-corrected chi connectivity index (χ0v) is 11.5. The first kappa shape index (κ1) is 13.5. The number of nitrogens with zero attached hydrogens (tertiary/aromatic N) is 2. The molecule has 0 aliphatic carbocycles. The lowest BCUT2D eigenvalue weighted by Crippen LogP contribution is -2.42. The standard InChI is InChI=1S/C13H23N3O2/c1-4-12-11(8-16(2)15-12)7-14-9-13(17-3)5-6-18-10-13/h8,14H,4-7,9-10H2,1-3H3. The van der Waals surface area contributed by atoms with Gasteiger partial charge in [0.25, 0.3) is 0 Å². The fourth-order valence-electron chi connectivity index (χ4n) is 2.42. The summed E-state index contributed by atoms with van der Waals surface area (Å²) in [6, 6.07) is 0. The van der Waals surface area contributed by atoms with Crippen molar-refractivity contribution < 1.29 is 9.47 Å². The van der Waals surface area contributed by atoms with E-state index in [1.165, 1.54) is 11.3 Å². The van der Waals surface area contributed by atoms with Crippen LogP contribution < -0.4 is 5.32 Å². The fourth-order valence-corrected chi connectivity index (χ4v) is 2.42. The molecular formula is C13H23N3O2. The second-order valence-electron chi connectivity index (χ2n) is 4.92. The van der Waals surface area contributed by atoms with Gasteiger partial charge in [0.05, 0.1) is 12.3 Å². The van der Waals surface area contributed by atoms with Gasteiger partial charge < -0.3 is 14.8 Å². The van der Waals surface area contributed by atoms with E-state index in [9.17, 15) is 0 Å². The Morgan fingerprint density at radius 1 is 1.61 bits per heavy atom. The summed E-state index contributed by atoms with van der Waals surface area (Å²) >= 11 is 0. The van der Waals surface area contributed by atoms with Crippen LogP contribution in [0, 0.1) is 0 Å². The molecule has 0 aromatic carbocycles. The molecule has 5 heteroatoms. The second kappa shape index (κ2) is 5.82. The third kappa shape index (κ3) is 2.91. The molecule has 1 aliphatic heterocycles. The van der Waals surface area contributed by atoms with Crippen molar-refractivity contribution in [2.45, 2.75) is 31.9 Å². The van der Waals surface area contributed by atoms with Gasteiger partial charge in [0.2, 0.25) is 0 Å². The minimum Gasteiger partial charge on any atom is -0.378 e. The molecule has 0 spiro atoms. The Hall–Kier alpha value is -0.910. The highest BCUT2D eigenvalue weighted by atomic mass is 16.5. The molecule has 102 valence electrons. The van der Waals surface area contributed by atoms with E-state index in [4.69, 9.17) is 9.47 Å². The van der Waals surface area contributed by atoms with Crippen molar-refractivity contribution in [2.24, 2.45) is 7.05 Å². The topological polar surface area (TPSA) is 48.3 Å². The molecule has 18 heavy (non-hydrogen) atoms. The summed E-state index contributed by atoms with van der Waals surface area (Å²) in [4.78, 5) is 0. The number of rotatable bonds is 6. The predicted molar refractivity (Wildman–Crippen MR) is 69.5 cm³/mol. The monoisotopic (exact) mass is 253 g/mol. The average Bonchev–Trinajstić information content (AvgIpc) is 2.97. The van der Waals surface area contributed by atoms with E-state index >= 15 is 0 Å². The van der Waals surface area contributed by atoms with Crippen LogP contribution in [0.5, 0.6) is 0 Å². The summed E-state index contributed by atoms with van der Waals surface area (Å²) in [7, 11) is 3.72. The maximum Gasteiger partial charge on any atom is 0.106 e. The van der Waals surface area contributed by atoms with Gasteiger partial charge in [0, 0.05) is 52.0 Å². The summed E-state index contributed by atoms with van der Waals surface area (Å²) in [5.41, 5.74) is 2.29. The Morgan fingerprint density at radius 2 is 2.44 bits per heavy atom. The van der Waals surface area contributed by atoms with Gasteiger partial charge in [-0.05, 0) is 6.42 Å². The Morgan fingerprint density at radius 3 is 3.06 bits per heavy atom. The maximum absolute atomic E-state index is 5.59. The van der Waals surface area contributed by atoms with Crippen molar-refractivity contribution in [2.75, 3.05) is 26.9 Å². The largest absolute Gasteiger partial charge is 0.378 e. The molecule has 5 nitrogen and oxygen atoms in total. The first-order chi connectivity index (χ1) is 8.69. The molecular weight excluding hydrogens is 230 g/mol. The number of aromatic nitrogens is 2. The highest BCUT2D eigenvalue weighted by Crippen LogP contribution is 2.21. The van der Waals surface area contributed by atoms with E-state index in [1.807, 2.05) is 11.7 Å². The molecule has 1 fully saturated rings. The molecule has 0 amide bonds. The van der Waals surface area contributed by atoms with Crippen LogP contribution in [0.25, 0.3) is 0 Å². The van der Waals surface area contributed by atoms with Crippen LogP contribution in [0.1, 0.15) is 24.6 Å². The van der Waals surface area contributed by atoms with Gasteiger partial charge in [-0.1, -0.05) is 6.92 Å². The number of hydrogen-bond acceptors (Lipinski definition) is 4. The van der Waals surface area contributed by atoms with Gasteiger partial charge in [0.1, 0.15) is 5.60 Å². The minimum atomic E-state index is -0.144. The highest BCUT2D eigenvalue weighted by Gasteiger charge is 2.34. The maximum atomic E-state index is 5.59. The molecule has 0 radical (unpaired) electrons. The second-order valence-corrected chi connectivity index (χ2v) is 4.92. The smallest absolute Gasteiger partial charge is 0.106 e. The third-order valence-corrected chi connectivity index (χ3v) is 3.59. The number of methoxy groups -OCH3 is 1. The molecule has 0 bridgehead atoms. The summed E-state index contributed by atoms with van der Waals surface area (Å²) in [5.74, 6) is 0. The van der Waals surface area contributed by atoms with Gasteiger partial charge in [-0.2, -0.15) is 5.10 Å². The summed E-state index contributed by atoms with van der Waals surface area (Å²) in [6.45, 7) is 5.27. The molecule has 1 N–H and O–H groups in total. The molecule has 1 aromatic rings. The molecule has 2 heterocycles. The zero-order chi connectivity index (χ0) is 13.0. The minimum absolute atomic E-state index is 0.144. The third-order valence-electron chi connectivity index (χ3n) is 3.59. The molecule has 1 unspecified atom stereocenters. The van der Waals surface area contributed by atoms with Crippen molar-refractivity contribution in [3.05, 3.63) is 17.5 Å². The van der Waals surface area contributed by atoms with Crippen molar-refractivity contribution >= 4 is 0 Å². The van der Waals surface area contributed by atoms with Gasteiger partial charge >= 0.3 is 0 Å². The SMILES string of the molecule is CCc1nn(C)cc1CNCC1(OC)CCOC1. The van der Waals surface area contributed by atoms with E-state index in [0.29, 0.717) is 6.61 Å². The van der Waals surface area contributed by atoms with E-state index in [1.54, 1.807) is 7.11 Å². The molecule has 1 aromatic heterocycles. The van der Waals surface area contributed by atoms with Gasteiger partial charge in [-0.15, -0.1) is 0 Å². The molecule has 1 saturated heterocycles. The zero-order valence-electron chi connectivity index (χ0n) is 11.5. The van der Waals surface area contributed by atoms with Crippen LogP contribution in [-0.4, -0.2) is 42.2 Å². The number of nitrogens with one attached hydrogen (secondary N) is 1. The Labute approximate surface area is 108 Å².